The first kappa shape index (κ1) is 13.0. The Bertz CT molecular complexity index is 177. The molecule has 1 aliphatic rings. The van der Waals surface area contributed by atoms with Crippen molar-refractivity contribution in [1.29, 1.82) is 0 Å². The van der Waals surface area contributed by atoms with Gasteiger partial charge in [0.1, 0.15) is 0 Å². The molecule has 1 rings (SSSR count). The molecule has 0 spiro atoms. The summed E-state index contributed by atoms with van der Waals surface area (Å²) >= 11 is 0. The highest BCUT2D eigenvalue weighted by Crippen LogP contribution is 2.26. The zero-order valence-corrected chi connectivity index (χ0v) is 11.1. The number of hydrogen-bond acceptors (Lipinski definition) is 2. The summed E-state index contributed by atoms with van der Waals surface area (Å²) in [5.41, 5.74) is 0. The predicted molar refractivity (Wildman–Crippen MR) is 67.2 cm³/mol. The summed E-state index contributed by atoms with van der Waals surface area (Å²) in [7, 11) is 2.09. The fraction of sp³-hybridized carbons (Fsp3) is 1.00. The second-order valence-corrected chi connectivity index (χ2v) is 5.64. The normalized spacial score (nSPS) is 27.2. The average molecular weight is 212 g/mol. The summed E-state index contributed by atoms with van der Waals surface area (Å²) in [4.78, 5) is 2.70. The van der Waals surface area contributed by atoms with E-state index in [1.54, 1.807) is 0 Å². The Morgan fingerprint density at radius 1 is 1.20 bits per heavy atom. The van der Waals surface area contributed by atoms with E-state index in [4.69, 9.17) is 0 Å². The van der Waals surface area contributed by atoms with Crippen molar-refractivity contribution in [1.82, 2.24) is 10.2 Å². The summed E-state index contributed by atoms with van der Waals surface area (Å²) in [5, 5.41) is 3.41. The SMILES string of the molecule is CNC1CCC(N(CC(C)C)C(C)C)C1. The molecule has 1 saturated carbocycles. The molecular formula is C13H28N2. The van der Waals surface area contributed by atoms with Crippen LogP contribution in [0.25, 0.3) is 0 Å². The summed E-state index contributed by atoms with van der Waals surface area (Å²) in [6.07, 6.45) is 4.06. The summed E-state index contributed by atoms with van der Waals surface area (Å²) in [5.74, 6) is 0.779. The van der Waals surface area contributed by atoms with Gasteiger partial charge in [-0.3, -0.25) is 4.90 Å². The molecule has 0 aromatic rings. The van der Waals surface area contributed by atoms with Crippen LogP contribution in [0.5, 0.6) is 0 Å². The minimum absolute atomic E-state index is 0.688. The molecule has 1 fully saturated rings. The Kier molecular flexibility index (Phi) is 5.07. The van der Waals surface area contributed by atoms with Gasteiger partial charge >= 0.3 is 0 Å². The van der Waals surface area contributed by atoms with E-state index < -0.39 is 0 Å². The van der Waals surface area contributed by atoms with E-state index in [1.807, 2.05) is 0 Å². The zero-order chi connectivity index (χ0) is 11.4. The van der Waals surface area contributed by atoms with Gasteiger partial charge in [0.15, 0.2) is 0 Å². The van der Waals surface area contributed by atoms with Crippen LogP contribution in [0, 0.1) is 5.92 Å². The molecule has 2 nitrogen and oxygen atoms in total. The fourth-order valence-corrected chi connectivity index (χ4v) is 2.72. The standard InChI is InChI=1S/C13H28N2/c1-10(2)9-15(11(3)4)13-7-6-12(8-13)14-5/h10-14H,6-9H2,1-5H3. The molecule has 0 aromatic heterocycles. The lowest BCUT2D eigenvalue weighted by atomic mass is 10.1. The lowest BCUT2D eigenvalue weighted by Gasteiger charge is -2.34. The highest BCUT2D eigenvalue weighted by Gasteiger charge is 2.29. The number of rotatable bonds is 5. The molecule has 90 valence electrons. The van der Waals surface area contributed by atoms with Crippen LogP contribution in [0.4, 0.5) is 0 Å². The van der Waals surface area contributed by atoms with Crippen molar-refractivity contribution in [3.8, 4) is 0 Å². The fourth-order valence-electron chi connectivity index (χ4n) is 2.72. The molecule has 0 heterocycles. The molecule has 1 aliphatic carbocycles. The zero-order valence-electron chi connectivity index (χ0n) is 11.1. The molecular weight excluding hydrogens is 184 g/mol. The van der Waals surface area contributed by atoms with E-state index in [2.05, 4.69) is 45.0 Å². The third-order valence-electron chi connectivity index (χ3n) is 3.52. The van der Waals surface area contributed by atoms with Crippen LogP contribution in [0.1, 0.15) is 47.0 Å². The molecule has 1 N–H and O–H groups in total. The van der Waals surface area contributed by atoms with Crippen molar-refractivity contribution in [3.63, 3.8) is 0 Å². The van der Waals surface area contributed by atoms with Gasteiger partial charge in [-0.05, 0) is 46.1 Å². The van der Waals surface area contributed by atoms with E-state index in [0.29, 0.717) is 6.04 Å². The highest BCUT2D eigenvalue weighted by molar-refractivity contribution is 4.87. The first-order valence-corrected chi connectivity index (χ1v) is 6.47. The van der Waals surface area contributed by atoms with E-state index >= 15 is 0 Å². The third-order valence-corrected chi connectivity index (χ3v) is 3.52. The van der Waals surface area contributed by atoms with Crippen LogP contribution in [0.3, 0.4) is 0 Å². The Morgan fingerprint density at radius 2 is 1.87 bits per heavy atom. The molecule has 2 atom stereocenters. The van der Waals surface area contributed by atoms with Gasteiger partial charge in [-0.2, -0.15) is 0 Å². The van der Waals surface area contributed by atoms with Crippen molar-refractivity contribution in [2.45, 2.75) is 65.1 Å². The molecule has 2 heteroatoms. The van der Waals surface area contributed by atoms with Gasteiger partial charge in [-0.25, -0.2) is 0 Å². The molecule has 0 amide bonds. The maximum atomic E-state index is 3.41. The predicted octanol–water partition coefficient (Wildman–Crippen LogP) is 2.49. The van der Waals surface area contributed by atoms with Crippen molar-refractivity contribution < 1.29 is 0 Å². The molecule has 0 bridgehead atoms. The number of nitrogens with one attached hydrogen (secondary N) is 1. The number of hydrogen-bond donors (Lipinski definition) is 1. The van der Waals surface area contributed by atoms with Gasteiger partial charge in [-0.15, -0.1) is 0 Å². The summed E-state index contributed by atoms with van der Waals surface area (Å²) < 4.78 is 0. The molecule has 15 heavy (non-hydrogen) atoms. The topological polar surface area (TPSA) is 15.3 Å². The minimum atomic E-state index is 0.688. The Morgan fingerprint density at radius 3 is 2.27 bits per heavy atom. The molecule has 0 saturated heterocycles. The van der Waals surface area contributed by atoms with Crippen LogP contribution in [-0.4, -0.2) is 36.6 Å². The summed E-state index contributed by atoms with van der Waals surface area (Å²) in [6.45, 7) is 10.5. The molecule has 0 aromatic carbocycles. The quantitative estimate of drug-likeness (QED) is 0.753. The van der Waals surface area contributed by atoms with Crippen molar-refractivity contribution in [2.24, 2.45) is 5.92 Å². The van der Waals surface area contributed by atoms with E-state index in [0.717, 1.165) is 18.0 Å². The van der Waals surface area contributed by atoms with E-state index in [9.17, 15) is 0 Å². The first-order chi connectivity index (χ1) is 7.04. The summed E-state index contributed by atoms with van der Waals surface area (Å²) in [6, 6.07) is 2.25. The van der Waals surface area contributed by atoms with Gasteiger partial charge in [0.2, 0.25) is 0 Å². The Labute approximate surface area is 95.4 Å². The largest absolute Gasteiger partial charge is 0.317 e. The minimum Gasteiger partial charge on any atom is -0.317 e. The number of nitrogens with zero attached hydrogens (tertiary/aromatic N) is 1. The van der Waals surface area contributed by atoms with Crippen LogP contribution in [0.2, 0.25) is 0 Å². The van der Waals surface area contributed by atoms with Crippen LogP contribution in [0.15, 0.2) is 0 Å². The third kappa shape index (κ3) is 3.76. The van der Waals surface area contributed by atoms with Crippen LogP contribution < -0.4 is 5.32 Å². The van der Waals surface area contributed by atoms with E-state index in [-0.39, 0.29) is 0 Å². The van der Waals surface area contributed by atoms with Crippen molar-refractivity contribution in [2.75, 3.05) is 13.6 Å². The Balaban J connectivity index is 2.50. The Hall–Kier alpha value is -0.0800. The smallest absolute Gasteiger partial charge is 0.0113 e. The van der Waals surface area contributed by atoms with Crippen LogP contribution in [-0.2, 0) is 0 Å². The highest BCUT2D eigenvalue weighted by atomic mass is 15.2. The van der Waals surface area contributed by atoms with Crippen LogP contribution >= 0.6 is 0 Å². The van der Waals surface area contributed by atoms with Gasteiger partial charge < -0.3 is 5.32 Å². The van der Waals surface area contributed by atoms with Gasteiger partial charge in [-0.1, -0.05) is 13.8 Å². The van der Waals surface area contributed by atoms with E-state index in [1.165, 1.54) is 25.8 Å². The van der Waals surface area contributed by atoms with Gasteiger partial charge in [0.25, 0.3) is 0 Å². The second kappa shape index (κ2) is 5.86. The second-order valence-electron chi connectivity index (χ2n) is 5.64. The molecule has 0 aliphatic heterocycles. The first-order valence-electron chi connectivity index (χ1n) is 6.47. The lowest BCUT2D eigenvalue weighted by Crippen LogP contribution is -2.42. The average Bonchev–Trinajstić information content (AvgIpc) is 2.61. The molecule has 0 radical (unpaired) electrons. The lowest BCUT2D eigenvalue weighted by molar-refractivity contribution is 0.135. The van der Waals surface area contributed by atoms with Gasteiger partial charge in [0.05, 0.1) is 0 Å². The maximum Gasteiger partial charge on any atom is 0.0113 e. The molecule has 2 unspecified atom stereocenters. The monoisotopic (exact) mass is 212 g/mol. The van der Waals surface area contributed by atoms with Gasteiger partial charge in [0, 0.05) is 24.7 Å². The van der Waals surface area contributed by atoms with Crippen molar-refractivity contribution in [3.05, 3.63) is 0 Å². The van der Waals surface area contributed by atoms with Crippen molar-refractivity contribution >= 4 is 0 Å². The maximum absolute atomic E-state index is 3.41.